The highest BCUT2D eigenvalue weighted by molar-refractivity contribution is 5.98. The predicted molar refractivity (Wildman–Crippen MR) is 165 cm³/mol. The molecule has 6 nitrogen and oxygen atoms in total. The molecule has 0 bridgehead atoms. The number of likely N-dealkylation sites (tertiary alicyclic amines) is 1. The Balaban J connectivity index is 1.14. The number of nitrogens with zero attached hydrogens (tertiary/aromatic N) is 3. The lowest BCUT2D eigenvalue weighted by Crippen LogP contribution is -2.65. The van der Waals surface area contributed by atoms with Crippen LogP contribution in [-0.4, -0.2) is 63.2 Å². The lowest BCUT2D eigenvalue weighted by atomic mass is 9.84. The lowest BCUT2D eigenvalue weighted by molar-refractivity contribution is -0.161. The van der Waals surface area contributed by atoms with Crippen LogP contribution in [0.2, 0.25) is 0 Å². The average Bonchev–Trinajstić information content (AvgIpc) is 3.41. The van der Waals surface area contributed by atoms with E-state index in [1.807, 2.05) is 34.1 Å². The Morgan fingerprint density at radius 3 is 2.31 bits per heavy atom. The van der Waals surface area contributed by atoms with E-state index >= 15 is 0 Å². The molecule has 1 aromatic heterocycles. The molecule has 0 aliphatic carbocycles. The zero-order valence-electron chi connectivity index (χ0n) is 23.6. The first-order valence-corrected chi connectivity index (χ1v) is 15.1. The predicted octanol–water partition coefficient (Wildman–Crippen LogP) is 5.67. The second kappa shape index (κ2) is 10.1. The molecule has 3 aliphatic rings. The molecule has 2 amide bonds. The van der Waals surface area contributed by atoms with Crippen molar-refractivity contribution in [2.45, 2.75) is 43.9 Å². The largest absolute Gasteiger partial charge is 0.356 e. The van der Waals surface area contributed by atoms with E-state index in [2.05, 4.69) is 82.7 Å². The quantitative estimate of drug-likeness (QED) is 0.311. The van der Waals surface area contributed by atoms with Crippen molar-refractivity contribution >= 4 is 33.5 Å². The lowest BCUT2D eigenvalue weighted by Gasteiger charge is -2.50. The van der Waals surface area contributed by atoms with E-state index in [1.54, 1.807) is 0 Å². The summed E-state index contributed by atoms with van der Waals surface area (Å²) in [5.74, 6) is 0.130. The minimum absolute atomic E-state index is 0.0357. The third-order valence-electron chi connectivity index (χ3n) is 9.66. The molecule has 1 N–H and O–H groups in total. The van der Waals surface area contributed by atoms with E-state index in [0.29, 0.717) is 6.42 Å². The molecule has 4 aromatic carbocycles. The number of carbonyl (C=O) groups is 2. The van der Waals surface area contributed by atoms with Crippen molar-refractivity contribution in [3.63, 3.8) is 0 Å². The number of aromatic amines is 1. The molecular weight excluding hydrogens is 520 g/mol. The number of hydrogen-bond donors (Lipinski definition) is 1. The van der Waals surface area contributed by atoms with Crippen molar-refractivity contribution < 1.29 is 9.59 Å². The molecule has 42 heavy (non-hydrogen) atoms. The van der Waals surface area contributed by atoms with Gasteiger partial charge in [-0.05, 0) is 46.4 Å². The number of carbonyl (C=O) groups excluding carboxylic acids is 2. The first-order chi connectivity index (χ1) is 20.7. The van der Waals surface area contributed by atoms with Crippen LogP contribution in [0.5, 0.6) is 0 Å². The molecule has 2 fully saturated rings. The summed E-state index contributed by atoms with van der Waals surface area (Å²) in [5.41, 5.74) is 5.62. The van der Waals surface area contributed by atoms with Crippen LogP contribution in [-0.2, 0) is 22.6 Å². The van der Waals surface area contributed by atoms with Crippen LogP contribution in [0.4, 0.5) is 0 Å². The molecule has 210 valence electrons. The highest BCUT2D eigenvalue weighted by Gasteiger charge is 2.50. The van der Waals surface area contributed by atoms with Gasteiger partial charge in [0.1, 0.15) is 12.6 Å². The zero-order chi connectivity index (χ0) is 28.2. The monoisotopic (exact) mass is 554 g/mol. The van der Waals surface area contributed by atoms with Crippen molar-refractivity contribution in [3.05, 3.63) is 119 Å². The maximum Gasteiger partial charge on any atom is 0.246 e. The third kappa shape index (κ3) is 4.12. The summed E-state index contributed by atoms with van der Waals surface area (Å²) >= 11 is 0. The van der Waals surface area contributed by atoms with Gasteiger partial charge in [-0.15, -0.1) is 0 Å². The molecule has 0 unspecified atom stereocenters. The molecule has 0 spiro atoms. The topological polar surface area (TPSA) is 59.7 Å². The number of piperidine rings is 1. The van der Waals surface area contributed by atoms with Gasteiger partial charge in [-0.2, -0.15) is 0 Å². The molecular formula is C36H34N4O2. The number of para-hydroxylation sites is 1. The fourth-order valence-electron chi connectivity index (χ4n) is 7.64. The molecule has 0 radical (unpaired) electrons. The summed E-state index contributed by atoms with van der Waals surface area (Å²) in [7, 11) is 0. The Bertz CT molecular complexity index is 1800. The van der Waals surface area contributed by atoms with E-state index in [1.165, 1.54) is 5.56 Å². The van der Waals surface area contributed by atoms with E-state index in [0.717, 1.165) is 71.0 Å². The fraction of sp³-hybridized carbons (Fsp3) is 0.278. The first-order valence-electron chi connectivity index (χ1n) is 15.1. The summed E-state index contributed by atoms with van der Waals surface area (Å²) in [6.07, 6.45) is 2.32. The standard InChI is InChI=1S/C36H34N4O2/c41-33-23-39(26-17-19-38(20-18-26)22-24-9-2-1-3-10-24)36(42)32-21-30-28-14-6-7-16-31(28)37-34(30)35(40(32)33)29-15-8-12-25-11-4-5-13-27(25)29/h1-16,26,32,35,37H,17-23H2/t32-,35+/m0/s1. The Morgan fingerprint density at radius 1 is 0.762 bits per heavy atom. The molecule has 4 heterocycles. The van der Waals surface area contributed by atoms with Crippen LogP contribution < -0.4 is 0 Å². The fourth-order valence-corrected chi connectivity index (χ4v) is 7.64. The molecule has 0 saturated carbocycles. The molecule has 2 atom stereocenters. The number of fused-ring (bicyclic) bond motifs is 5. The number of hydrogen-bond acceptors (Lipinski definition) is 3. The second-order valence-corrected chi connectivity index (χ2v) is 12.0. The summed E-state index contributed by atoms with van der Waals surface area (Å²) in [5, 5.41) is 3.39. The van der Waals surface area contributed by atoms with E-state index in [4.69, 9.17) is 0 Å². The second-order valence-electron chi connectivity index (χ2n) is 12.0. The van der Waals surface area contributed by atoms with Gasteiger partial charge < -0.3 is 14.8 Å². The molecule has 5 aromatic rings. The van der Waals surface area contributed by atoms with Crippen molar-refractivity contribution in [2.75, 3.05) is 19.6 Å². The van der Waals surface area contributed by atoms with Gasteiger partial charge in [0.2, 0.25) is 11.8 Å². The summed E-state index contributed by atoms with van der Waals surface area (Å²) < 4.78 is 0. The number of nitrogens with one attached hydrogen (secondary N) is 1. The van der Waals surface area contributed by atoms with Crippen molar-refractivity contribution in [3.8, 4) is 0 Å². The number of benzene rings is 4. The smallest absolute Gasteiger partial charge is 0.246 e. The van der Waals surface area contributed by atoms with Gasteiger partial charge in [0.25, 0.3) is 0 Å². The number of aromatic nitrogens is 1. The SMILES string of the molecule is O=C1[C@@H]2Cc3c([nH]c4ccccc34)[C@@H](c3cccc4ccccc34)N2C(=O)CN1C1CCN(Cc2ccccc2)CC1. The highest BCUT2D eigenvalue weighted by atomic mass is 16.2. The van der Waals surface area contributed by atoms with Gasteiger partial charge in [-0.3, -0.25) is 14.5 Å². The number of H-pyrrole nitrogens is 1. The summed E-state index contributed by atoms with van der Waals surface area (Å²) in [6, 6.07) is 32.7. The van der Waals surface area contributed by atoms with Crippen molar-refractivity contribution in [1.29, 1.82) is 0 Å². The minimum Gasteiger partial charge on any atom is -0.356 e. The summed E-state index contributed by atoms with van der Waals surface area (Å²) in [6.45, 7) is 2.93. The van der Waals surface area contributed by atoms with Gasteiger partial charge in [-0.25, -0.2) is 0 Å². The van der Waals surface area contributed by atoms with Gasteiger partial charge in [-0.1, -0.05) is 91.0 Å². The Hall–Kier alpha value is -4.42. The third-order valence-corrected chi connectivity index (χ3v) is 9.66. The van der Waals surface area contributed by atoms with Gasteiger partial charge >= 0.3 is 0 Å². The summed E-state index contributed by atoms with van der Waals surface area (Å²) in [4.78, 5) is 38.5. The van der Waals surface area contributed by atoms with Crippen LogP contribution in [0.1, 0.15) is 41.3 Å². The molecule has 8 rings (SSSR count). The van der Waals surface area contributed by atoms with Crippen LogP contribution >= 0.6 is 0 Å². The van der Waals surface area contributed by atoms with Crippen LogP contribution in [0.25, 0.3) is 21.7 Å². The normalized spacial score (nSPS) is 21.6. The maximum absolute atomic E-state index is 14.4. The Morgan fingerprint density at radius 2 is 1.48 bits per heavy atom. The van der Waals surface area contributed by atoms with Crippen molar-refractivity contribution in [1.82, 2.24) is 19.7 Å². The maximum atomic E-state index is 14.4. The van der Waals surface area contributed by atoms with Gasteiger partial charge in [0, 0.05) is 48.7 Å². The van der Waals surface area contributed by atoms with E-state index in [-0.39, 0.29) is 30.4 Å². The van der Waals surface area contributed by atoms with Crippen LogP contribution in [0.15, 0.2) is 97.1 Å². The average molecular weight is 555 g/mol. The molecule has 3 aliphatic heterocycles. The number of rotatable bonds is 4. The number of piperazine rings is 1. The Kier molecular flexibility index (Phi) is 6.11. The van der Waals surface area contributed by atoms with Crippen LogP contribution in [0.3, 0.4) is 0 Å². The van der Waals surface area contributed by atoms with Crippen molar-refractivity contribution in [2.24, 2.45) is 0 Å². The van der Waals surface area contributed by atoms with E-state index in [9.17, 15) is 9.59 Å². The highest BCUT2D eigenvalue weighted by Crippen LogP contribution is 2.44. The molecule has 6 heteroatoms. The molecule has 2 saturated heterocycles. The van der Waals surface area contributed by atoms with E-state index < -0.39 is 6.04 Å². The number of amides is 2. The Labute approximate surface area is 245 Å². The van der Waals surface area contributed by atoms with Gasteiger partial charge in [0.15, 0.2) is 0 Å². The first kappa shape index (κ1) is 25.3. The van der Waals surface area contributed by atoms with Gasteiger partial charge in [0.05, 0.1) is 6.04 Å². The zero-order valence-corrected chi connectivity index (χ0v) is 23.6. The minimum atomic E-state index is -0.510. The van der Waals surface area contributed by atoms with Crippen LogP contribution in [0, 0.1) is 0 Å².